The fourth-order valence-corrected chi connectivity index (χ4v) is 4.91. The average Bonchev–Trinajstić information content (AvgIpc) is 3.24. The number of hydrogen-bond donors (Lipinski definition) is 3. The number of rotatable bonds is 7. The predicted octanol–water partition coefficient (Wildman–Crippen LogP) is 4.54. The van der Waals surface area contributed by atoms with Crippen LogP contribution in [0.15, 0.2) is 47.3 Å². The van der Waals surface area contributed by atoms with Crippen molar-refractivity contribution in [3.63, 3.8) is 0 Å². The summed E-state index contributed by atoms with van der Waals surface area (Å²) in [5.74, 6) is -0.100. The summed E-state index contributed by atoms with van der Waals surface area (Å²) in [7, 11) is -5.03. The third kappa shape index (κ3) is 7.26. The van der Waals surface area contributed by atoms with E-state index in [-0.39, 0.29) is 41.6 Å². The van der Waals surface area contributed by atoms with Gasteiger partial charge in [-0.15, -0.1) is 9.55 Å². The molecule has 41 heavy (non-hydrogen) atoms. The fraction of sp³-hybridized carbons (Fsp3) is 0.417. The standard InChI is InChI=1S/C24H25F6N4O6P/c1-13-3-5-15(6-4-13)20-21(39-8-7-33(20)12-19-31-22(35)34(32-19)41(36,37)38)40-14(2)16-9-17(23(25,26)27)11-18(10-16)24(28,29)30/h3-6,9-11,14,20-21H,7-8,12H2,1-2H3,(H,31,32,35)(H2,36,37,38)/t14-,20+,21-/m1/s1. The largest absolute Gasteiger partial charge is 0.454 e. The van der Waals surface area contributed by atoms with Gasteiger partial charge in [0.05, 0.1) is 36.4 Å². The number of aromatic nitrogens is 3. The Morgan fingerprint density at radius 3 is 2.20 bits per heavy atom. The zero-order chi connectivity index (χ0) is 30.3. The Hall–Kier alpha value is -3.01. The molecule has 17 heteroatoms. The van der Waals surface area contributed by atoms with E-state index in [4.69, 9.17) is 9.47 Å². The van der Waals surface area contributed by atoms with Gasteiger partial charge < -0.3 is 19.3 Å². The number of nitrogens with one attached hydrogen (secondary N) is 1. The molecule has 3 N–H and O–H groups in total. The molecule has 0 aliphatic carbocycles. The van der Waals surface area contributed by atoms with Gasteiger partial charge in [0.1, 0.15) is 5.82 Å². The normalized spacial score (nSPS) is 19.9. The maximum atomic E-state index is 13.4. The average molecular weight is 610 g/mol. The van der Waals surface area contributed by atoms with Crippen LogP contribution in [0.25, 0.3) is 0 Å². The Morgan fingerprint density at radius 1 is 1.10 bits per heavy atom. The van der Waals surface area contributed by atoms with Gasteiger partial charge >= 0.3 is 25.8 Å². The molecule has 3 aromatic rings. The van der Waals surface area contributed by atoms with E-state index < -0.39 is 55.4 Å². The van der Waals surface area contributed by atoms with Crippen LogP contribution in [-0.2, 0) is 32.9 Å². The lowest BCUT2D eigenvalue weighted by Gasteiger charge is -2.41. The fourth-order valence-electron chi connectivity index (χ4n) is 4.40. The van der Waals surface area contributed by atoms with Gasteiger partial charge in [-0.25, -0.2) is 9.36 Å². The van der Waals surface area contributed by atoms with Crippen LogP contribution >= 0.6 is 7.75 Å². The highest BCUT2D eigenvalue weighted by molar-refractivity contribution is 7.49. The summed E-state index contributed by atoms with van der Waals surface area (Å²) in [6.07, 6.45) is -12.6. The van der Waals surface area contributed by atoms with Crippen LogP contribution in [0.2, 0.25) is 0 Å². The van der Waals surface area contributed by atoms with Crippen molar-refractivity contribution in [3.8, 4) is 0 Å². The highest BCUT2D eigenvalue weighted by atomic mass is 31.2. The third-order valence-electron chi connectivity index (χ3n) is 6.40. The van der Waals surface area contributed by atoms with E-state index >= 15 is 0 Å². The molecule has 0 spiro atoms. The summed E-state index contributed by atoms with van der Waals surface area (Å²) < 4.78 is 104. The van der Waals surface area contributed by atoms with Crippen molar-refractivity contribution in [2.45, 2.75) is 51.2 Å². The number of benzene rings is 2. The summed E-state index contributed by atoms with van der Waals surface area (Å²) in [5.41, 5.74) is -2.98. The zero-order valence-corrected chi connectivity index (χ0v) is 22.4. The van der Waals surface area contributed by atoms with Gasteiger partial charge in [0.25, 0.3) is 0 Å². The van der Waals surface area contributed by atoms with Gasteiger partial charge in [0.15, 0.2) is 6.29 Å². The molecule has 1 aliphatic rings. The van der Waals surface area contributed by atoms with Crippen molar-refractivity contribution >= 4 is 7.75 Å². The highest BCUT2D eigenvalue weighted by Crippen LogP contribution is 2.40. The first-order valence-corrected chi connectivity index (χ1v) is 13.6. The third-order valence-corrected chi connectivity index (χ3v) is 7.16. The SMILES string of the molecule is Cc1ccc([C@H]2[C@@H](O[C@H](C)c3cc(C(F)(F)F)cc(C(F)(F)F)c3)OCCN2Cc2nn(P(=O)(O)O)c(=O)[nH]2)cc1. The molecule has 10 nitrogen and oxygen atoms in total. The van der Waals surface area contributed by atoms with Gasteiger partial charge in [-0.2, -0.15) is 26.3 Å². The summed E-state index contributed by atoms with van der Waals surface area (Å²) in [4.78, 5) is 34.6. The van der Waals surface area contributed by atoms with Gasteiger partial charge in [-0.05, 0) is 43.2 Å². The molecule has 2 aromatic carbocycles. The van der Waals surface area contributed by atoms with E-state index in [9.17, 15) is 45.5 Å². The monoisotopic (exact) mass is 610 g/mol. The second kappa shape index (κ2) is 11.3. The first kappa shape index (κ1) is 30.9. The number of halogens is 6. The molecule has 0 unspecified atom stereocenters. The summed E-state index contributed by atoms with van der Waals surface area (Å²) >= 11 is 0. The zero-order valence-electron chi connectivity index (χ0n) is 21.5. The summed E-state index contributed by atoms with van der Waals surface area (Å²) in [6.45, 7) is 3.20. The lowest BCUT2D eigenvalue weighted by Crippen LogP contribution is -2.46. The van der Waals surface area contributed by atoms with Crippen molar-refractivity contribution < 1.29 is 50.2 Å². The molecule has 2 heterocycles. The van der Waals surface area contributed by atoms with E-state index in [1.54, 1.807) is 29.2 Å². The molecule has 3 atom stereocenters. The predicted molar refractivity (Wildman–Crippen MR) is 130 cm³/mol. The van der Waals surface area contributed by atoms with Crippen molar-refractivity contribution in [1.29, 1.82) is 0 Å². The van der Waals surface area contributed by atoms with Gasteiger partial charge in [0.2, 0.25) is 0 Å². The number of alkyl halides is 6. The molecule has 4 rings (SSSR count). The van der Waals surface area contributed by atoms with E-state index in [1.807, 2.05) is 6.92 Å². The molecule has 1 saturated heterocycles. The van der Waals surface area contributed by atoms with E-state index in [2.05, 4.69) is 10.1 Å². The van der Waals surface area contributed by atoms with Crippen molar-refractivity contribution in [2.24, 2.45) is 0 Å². The maximum Gasteiger partial charge on any atom is 0.454 e. The molecule has 0 bridgehead atoms. The molecule has 1 fully saturated rings. The smallest absolute Gasteiger partial charge is 0.349 e. The second-order valence-corrected chi connectivity index (χ2v) is 10.9. The van der Waals surface area contributed by atoms with Crippen LogP contribution in [-0.4, -0.2) is 48.7 Å². The minimum absolute atomic E-state index is 0.00555. The maximum absolute atomic E-state index is 13.4. The Labute approximate surface area is 228 Å². The Morgan fingerprint density at radius 2 is 1.68 bits per heavy atom. The van der Waals surface area contributed by atoms with Crippen LogP contribution in [0, 0.1) is 6.92 Å². The lowest BCUT2D eigenvalue weighted by atomic mass is 10.00. The van der Waals surface area contributed by atoms with Crippen molar-refractivity contribution in [2.75, 3.05) is 13.2 Å². The number of hydrogen-bond acceptors (Lipinski definition) is 6. The van der Waals surface area contributed by atoms with E-state index in [0.29, 0.717) is 17.7 Å². The Bertz CT molecular complexity index is 1450. The molecule has 224 valence electrons. The summed E-state index contributed by atoms with van der Waals surface area (Å²) in [6, 6.07) is 7.40. The Balaban J connectivity index is 1.68. The number of nitrogens with zero attached hydrogens (tertiary/aromatic N) is 3. The van der Waals surface area contributed by atoms with Gasteiger partial charge in [0, 0.05) is 6.54 Å². The molecular formula is C24H25F6N4O6P. The lowest BCUT2D eigenvalue weighted by molar-refractivity contribution is -0.231. The summed E-state index contributed by atoms with van der Waals surface area (Å²) in [5, 5.41) is 3.67. The number of morpholine rings is 1. The van der Waals surface area contributed by atoms with Crippen LogP contribution in [0.4, 0.5) is 26.3 Å². The van der Waals surface area contributed by atoms with E-state index in [1.165, 1.54) is 6.92 Å². The van der Waals surface area contributed by atoms with Crippen LogP contribution in [0.3, 0.4) is 0 Å². The van der Waals surface area contributed by atoms with Crippen LogP contribution in [0.1, 0.15) is 52.7 Å². The van der Waals surface area contributed by atoms with Crippen LogP contribution in [0.5, 0.6) is 0 Å². The minimum Gasteiger partial charge on any atom is -0.349 e. The molecule has 0 radical (unpaired) electrons. The number of ether oxygens (including phenoxy) is 2. The number of aryl methyl sites for hydroxylation is 1. The molecule has 0 amide bonds. The van der Waals surface area contributed by atoms with Crippen molar-refractivity contribution in [1.82, 2.24) is 19.4 Å². The number of aromatic amines is 1. The van der Waals surface area contributed by atoms with E-state index in [0.717, 1.165) is 5.56 Å². The first-order valence-electron chi connectivity index (χ1n) is 12.0. The quantitative estimate of drug-likeness (QED) is 0.263. The van der Waals surface area contributed by atoms with Gasteiger partial charge in [-0.1, -0.05) is 29.8 Å². The highest BCUT2D eigenvalue weighted by Gasteiger charge is 2.39. The molecule has 1 aromatic heterocycles. The van der Waals surface area contributed by atoms with Gasteiger partial charge in [-0.3, -0.25) is 9.88 Å². The minimum atomic E-state index is -5.04. The first-order chi connectivity index (χ1) is 18.9. The second-order valence-electron chi connectivity index (χ2n) is 9.46. The van der Waals surface area contributed by atoms with Crippen molar-refractivity contribution in [3.05, 3.63) is 86.6 Å². The molecular weight excluding hydrogens is 585 g/mol. The molecule has 0 saturated carbocycles. The molecule has 1 aliphatic heterocycles. The van der Waals surface area contributed by atoms with Crippen LogP contribution < -0.4 is 5.69 Å². The Kier molecular flexibility index (Phi) is 8.56. The number of H-pyrrole nitrogens is 1. The topological polar surface area (TPSA) is 130 Å².